The lowest BCUT2D eigenvalue weighted by Crippen LogP contribution is -2.48. The summed E-state index contributed by atoms with van der Waals surface area (Å²) in [6.07, 6.45) is 8.17. The molecule has 1 aromatic heterocycles. The number of anilines is 1. The lowest BCUT2D eigenvalue weighted by Gasteiger charge is -2.41. The Morgan fingerprint density at radius 2 is 1.18 bits per heavy atom. The van der Waals surface area contributed by atoms with Crippen LogP contribution >= 0.6 is 0 Å². The van der Waals surface area contributed by atoms with E-state index in [4.69, 9.17) is 0 Å². The molecule has 7 rings (SSSR count). The number of likely N-dealkylation sites (tertiary alicyclic amines) is 1. The van der Waals surface area contributed by atoms with Gasteiger partial charge in [-0.05, 0) is 60.8 Å². The number of aromatic nitrogens is 2. The maximum atomic E-state index is 13.4. The highest BCUT2D eigenvalue weighted by Gasteiger charge is 2.31. The molecule has 1 amide bonds. The van der Waals surface area contributed by atoms with Crippen LogP contribution in [0.2, 0.25) is 0 Å². The maximum Gasteiger partial charge on any atom is 0.272 e. The maximum absolute atomic E-state index is 13.4. The van der Waals surface area contributed by atoms with E-state index in [0.29, 0.717) is 17.8 Å². The Morgan fingerprint density at radius 3 is 1.75 bits per heavy atom. The molecule has 0 spiro atoms. The topological polar surface area (TPSA) is 55.8 Å². The van der Waals surface area contributed by atoms with Gasteiger partial charge in [0.05, 0.1) is 0 Å². The van der Waals surface area contributed by atoms with E-state index < -0.39 is 0 Å². The minimum Gasteiger partial charge on any atom is -0.356 e. The molecule has 0 N–H and O–H groups in total. The van der Waals surface area contributed by atoms with Crippen molar-refractivity contribution in [3.8, 4) is 0 Å². The van der Waals surface area contributed by atoms with E-state index in [9.17, 15) is 4.79 Å². The van der Waals surface area contributed by atoms with E-state index in [1.165, 1.54) is 22.3 Å². The zero-order chi connectivity index (χ0) is 26.9. The minimum absolute atomic E-state index is 0.0490. The number of hydrogen-bond donors (Lipinski definition) is 0. The van der Waals surface area contributed by atoms with Gasteiger partial charge in [-0.15, -0.1) is 0 Å². The summed E-state index contributed by atoms with van der Waals surface area (Å²) >= 11 is 0. The van der Waals surface area contributed by atoms with Crippen LogP contribution in [0.15, 0.2) is 60.9 Å². The third kappa shape index (κ3) is 5.25. The van der Waals surface area contributed by atoms with Gasteiger partial charge in [0.2, 0.25) is 0 Å². The van der Waals surface area contributed by atoms with Crippen molar-refractivity contribution in [3.05, 3.63) is 88.9 Å². The number of carbonyl (C=O) groups excluding carboxylic acids is 1. The molecule has 0 saturated carbocycles. The predicted octanol–water partition coefficient (Wildman–Crippen LogP) is 4.17. The van der Waals surface area contributed by atoms with Crippen LogP contribution in [0.25, 0.3) is 0 Å². The van der Waals surface area contributed by atoms with Crippen LogP contribution in [0.5, 0.6) is 0 Å². The van der Waals surface area contributed by atoms with E-state index in [2.05, 4.69) is 73.2 Å². The Balaban J connectivity index is 0.924. The molecule has 7 nitrogen and oxygen atoms in total. The number of rotatable bonds is 4. The molecule has 0 unspecified atom stereocenters. The number of carbonyl (C=O) groups is 1. The first-order valence-corrected chi connectivity index (χ1v) is 15.2. The second-order valence-corrected chi connectivity index (χ2v) is 12.0. The third-order valence-electron chi connectivity index (χ3n) is 9.77. The van der Waals surface area contributed by atoms with Crippen LogP contribution in [0, 0.1) is 0 Å². The van der Waals surface area contributed by atoms with Gasteiger partial charge < -0.3 is 9.80 Å². The summed E-state index contributed by atoms with van der Waals surface area (Å²) in [4.78, 5) is 32.0. The fourth-order valence-electron chi connectivity index (χ4n) is 7.35. The highest BCUT2D eigenvalue weighted by atomic mass is 16.2. The third-order valence-corrected chi connectivity index (χ3v) is 9.77. The molecule has 4 aliphatic heterocycles. The summed E-state index contributed by atoms with van der Waals surface area (Å²) in [5.41, 5.74) is 6.49. The van der Waals surface area contributed by atoms with E-state index in [-0.39, 0.29) is 5.91 Å². The molecule has 208 valence electrons. The first-order chi connectivity index (χ1) is 19.7. The SMILES string of the molecule is O=C(c1cc(N2CCC(N3CCc4ccccc4C3)CC2)ncn1)N1CCC(N2CCc3ccccc3C2)CC1. The number of amides is 1. The number of benzene rings is 2. The summed E-state index contributed by atoms with van der Waals surface area (Å²) < 4.78 is 0. The summed E-state index contributed by atoms with van der Waals surface area (Å²) in [5.74, 6) is 0.940. The van der Waals surface area contributed by atoms with Crippen molar-refractivity contribution in [3.63, 3.8) is 0 Å². The fourth-order valence-corrected chi connectivity index (χ4v) is 7.35. The molecule has 4 aliphatic rings. The molecule has 0 bridgehead atoms. The Bertz CT molecular complexity index is 1340. The molecule has 2 aromatic carbocycles. The standard InChI is InChI=1S/C33H40N6O/c40-33(37-19-13-30(14-20-37)39-16-10-26-6-2-4-8-28(26)23-39)31-21-32(35-24-34-31)36-17-11-29(12-18-36)38-15-9-25-5-1-3-7-27(25)22-38/h1-8,21,24,29-30H,9-20,22-23H2. The number of fused-ring (bicyclic) bond motifs is 2. The van der Waals surface area contributed by atoms with Gasteiger partial charge in [0, 0.05) is 70.5 Å². The Hall–Kier alpha value is -3.29. The molecule has 7 heteroatoms. The van der Waals surface area contributed by atoms with Crippen molar-refractivity contribution in [1.29, 1.82) is 0 Å². The molecule has 5 heterocycles. The van der Waals surface area contributed by atoms with Gasteiger partial charge in [-0.1, -0.05) is 48.5 Å². The van der Waals surface area contributed by atoms with Gasteiger partial charge in [0.1, 0.15) is 17.8 Å². The Morgan fingerprint density at radius 1 is 0.650 bits per heavy atom. The molecule has 0 atom stereocenters. The molecule has 0 aliphatic carbocycles. The second-order valence-electron chi connectivity index (χ2n) is 12.0. The number of piperidine rings is 2. The molecule has 40 heavy (non-hydrogen) atoms. The second kappa shape index (κ2) is 11.3. The largest absolute Gasteiger partial charge is 0.356 e. The highest BCUT2D eigenvalue weighted by molar-refractivity contribution is 5.93. The average Bonchev–Trinajstić information content (AvgIpc) is 3.04. The van der Waals surface area contributed by atoms with Crippen molar-refractivity contribution in [1.82, 2.24) is 24.7 Å². The zero-order valence-electron chi connectivity index (χ0n) is 23.4. The van der Waals surface area contributed by atoms with Crippen molar-refractivity contribution < 1.29 is 4.79 Å². The predicted molar refractivity (Wildman–Crippen MR) is 157 cm³/mol. The van der Waals surface area contributed by atoms with Crippen LogP contribution in [-0.2, 0) is 25.9 Å². The average molecular weight is 537 g/mol. The van der Waals surface area contributed by atoms with E-state index in [0.717, 1.165) is 96.7 Å². The van der Waals surface area contributed by atoms with E-state index >= 15 is 0 Å². The van der Waals surface area contributed by atoms with Crippen LogP contribution in [0.4, 0.5) is 5.82 Å². The lowest BCUT2D eigenvalue weighted by atomic mass is 9.95. The first-order valence-electron chi connectivity index (χ1n) is 15.2. The van der Waals surface area contributed by atoms with Crippen LogP contribution in [0.3, 0.4) is 0 Å². The summed E-state index contributed by atoms with van der Waals surface area (Å²) in [6, 6.07) is 20.8. The first kappa shape index (κ1) is 25.7. The van der Waals surface area contributed by atoms with Gasteiger partial charge in [0.15, 0.2) is 0 Å². The lowest BCUT2D eigenvalue weighted by molar-refractivity contribution is 0.0594. The molecule has 2 saturated heterocycles. The van der Waals surface area contributed by atoms with Gasteiger partial charge in [0.25, 0.3) is 5.91 Å². The Labute approximate surface area is 237 Å². The molecular formula is C33H40N6O. The molecule has 3 aromatic rings. The van der Waals surface area contributed by atoms with Crippen LogP contribution in [-0.4, -0.2) is 81.9 Å². The normalized spacial score (nSPS) is 21.2. The van der Waals surface area contributed by atoms with Crippen LogP contribution < -0.4 is 4.90 Å². The number of nitrogens with zero attached hydrogens (tertiary/aromatic N) is 6. The molecular weight excluding hydrogens is 496 g/mol. The van der Waals surface area contributed by atoms with Crippen molar-refractivity contribution in [2.75, 3.05) is 44.2 Å². The monoisotopic (exact) mass is 536 g/mol. The molecule has 2 fully saturated rings. The summed E-state index contributed by atoms with van der Waals surface area (Å²) in [7, 11) is 0. The number of hydrogen-bond acceptors (Lipinski definition) is 6. The highest BCUT2D eigenvalue weighted by Crippen LogP contribution is 2.28. The Kier molecular flexibility index (Phi) is 7.25. The quantitative estimate of drug-likeness (QED) is 0.499. The zero-order valence-corrected chi connectivity index (χ0v) is 23.4. The van der Waals surface area contributed by atoms with E-state index in [1.54, 1.807) is 6.33 Å². The van der Waals surface area contributed by atoms with Gasteiger partial charge >= 0.3 is 0 Å². The van der Waals surface area contributed by atoms with Gasteiger partial charge in [-0.2, -0.15) is 0 Å². The smallest absolute Gasteiger partial charge is 0.272 e. The summed E-state index contributed by atoms with van der Waals surface area (Å²) in [5, 5.41) is 0. The minimum atomic E-state index is 0.0490. The van der Waals surface area contributed by atoms with E-state index in [1.807, 2.05) is 11.0 Å². The fraction of sp³-hybridized carbons (Fsp3) is 0.485. The summed E-state index contributed by atoms with van der Waals surface area (Å²) in [6.45, 7) is 7.90. The van der Waals surface area contributed by atoms with Crippen molar-refractivity contribution >= 4 is 11.7 Å². The van der Waals surface area contributed by atoms with Gasteiger partial charge in [-0.25, -0.2) is 9.97 Å². The van der Waals surface area contributed by atoms with Crippen molar-refractivity contribution in [2.45, 2.75) is 63.7 Å². The van der Waals surface area contributed by atoms with Gasteiger partial charge in [-0.3, -0.25) is 14.6 Å². The van der Waals surface area contributed by atoms with Crippen LogP contribution in [0.1, 0.15) is 58.4 Å². The van der Waals surface area contributed by atoms with Crippen molar-refractivity contribution in [2.24, 2.45) is 0 Å². The molecule has 0 radical (unpaired) electrons.